The molecule has 1 fully saturated rings. The molecule has 0 aromatic heterocycles. The van der Waals surface area contributed by atoms with E-state index >= 15 is 0 Å². The third kappa shape index (κ3) is 2.88. The van der Waals surface area contributed by atoms with Gasteiger partial charge in [0, 0.05) is 13.2 Å². The van der Waals surface area contributed by atoms with Gasteiger partial charge in [-0.25, -0.2) is 4.79 Å². The highest BCUT2D eigenvalue weighted by Gasteiger charge is 2.31. The molecule has 0 bridgehead atoms. The summed E-state index contributed by atoms with van der Waals surface area (Å²) in [5, 5.41) is 23.0. The Morgan fingerprint density at radius 2 is 2.35 bits per heavy atom. The van der Waals surface area contributed by atoms with Gasteiger partial charge in [-0.2, -0.15) is 0 Å². The maximum atomic E-state index is 11.1. The first kappa shape index (κ1) is 14.3. The molecule has 7 nitrogen and oxygen atoms in total. The Balaban J connectivity index is 2.25. The van der Waals surface area contributed by atoms with Crippen LogP contribution in [0.3, 0.4) is 0 Å². The molecule has 108 valence electrons. The largest absolute Gasteiger partial charge is 0.477 e. The summed E-state index contributed by atoms with van der Waals surface area (Å²) < 4.78 is 5.59. The van der Waals surface area contributed by atoms with E-state index < -0.39 is 16.6 Å². The molecule has 0 saturated carbocycles. The first-order valence-corrected chi connectivity index (χ1v) is 6.31. The van der Waals surface area contributed by atoms with E-state index in [1.165, 1.54) is 18.2 Å². The minimum Gasteiger partial charge on any atom is -0.477 e. The van der Waals surface area contributed by atoms with E-state index in [1.807, 2.05) is 6.92 Å². The molecule has 1 aromatic carbocycles. The minimum absolute atomic E-state index is 0.201. The van der Waals surface area contributed by atoms with Crippen molar-refractivity contribution < 1.29 is 19.6 Å². The lowest BCUT2D eigenvalue weighted by Gasteiger charge is -2.24. The Morgan fingerprint density at radius 3 is 2.90 bits per heavy atom. The predicted molar refractivity (Wildman–Crippen MR) is 72.1 cm³/mol. The van der Waals surface area contributed by atoms with Crippen molar-refractivity contribution in [1.82, 2.24) is 0 Å². The fourth-order valence-corrected chi connectivity index (χ4v) is 2.31. The molecule has 2 rings (SSSR count). The number of nitro groups is 1. The molecule has 2 N–H and O–H groups in total. The number of anilines is 1. The van der Waals surface area contributed by atoms with Crippen LogP contribution in [0.25, 0.3) is 0 Å². The SMILES string of the molecule is CC1(CNc2cccc(C(=O)O)c2[N+](=O)[O-])CCCO1. The van der Waals surface area contributed by atoms with Crippen LogP contribution in [0.15, 0.2) is 18.2 Å². The molecule has 0 amide bonds. The van der Waals surface area contributed by atoms with Crippen molar-refractivity contribution in [1.29, 1.82) is 0 Å². The number of carboxylic acids is 1. The second-order valence-corrected chi connectivity index (χ2v) is 5.02. The van der Waals surface area contributed by atoms with Gasteiger partial charge in [0.2, 0.25) is 0 Å². The van der Waals surface area contributed by atoms with Gasteiger partial charge in [0.1, 0.15) is 11.3 Å². The summed E-state index contributed by atoms with van der Waals surface area (Å²) in [6.07, 6.45) is 1.82. The molecule has 1 saturated heterocycles. The standard InChI is InChI=1S/C13H16N2O5/c1-13(6-3-7-20-13)8-14-10-5-2-4-9(12(16)17)11(10)15(18)19/h2,4-5,14H,3,6-8H2,1H3,(H,16,17). The molecular weight excluding hydrogens is 264 g/mol. The number of nitrogens with one attached hydrogen (secondary N) is 1. The van der Waals surface area contributed by atoms with Crippen LogP contribution in [0.5, 0.6) is 0 Å². The van der Waals surface area contributed by atoms with E-state index in [2.05, 4.69) is 5.32 Å². The lowest BCUT2D eigenvalue weighted by Crippen LogP contribution is -2.32. The summed E-state index contributed by atoms with van der Waals surface area (Å²) in [4.78, 5) is 21.5. The summed E-state index contributed by atoms with van der Waals surface area (Å²) in [6, 6.07) is 4.21. The summed E-state index contributed by atoms with van der Waals surface area (Å²) in [7, 11) is 0. The van der Waals surface area contributed by atoms with Crippen LogP contribution < -0.4 is 5.32 Å². The predicted octanol–water partition coefficient (Wildman–Crippen LogP) is 2.27. The Hall–Kier alpha value is -2.15. The molecule has 1 unspecified atom stereocenters. The van der Waals surface area contributed by atoms with Gasteiger partial charge in [-0.1, -0.05) is 6.07 Å². The van der Waals surface area contributed by atoms with Gasteiger partial charge in [-0.15, -0.1) is 0 Å². The van der Waals surface area contributed by atoms with Crippen molar-refractivity contribution in [3.05, 3.63) is 33.9 Å². The molecule has 0 aliphatic carbocycles. The summed E-state index contributed by atoms with van der Waals surface area (Å²) in [5.74, 6) is -1.32. The average Bonchev–Trinajstić information content (AvgIpc) is 2.83. The van der Waals surface area contributed by atoms with Crippen molar-refractivity contribution in [3.63, 3.8) is 0 Å². The third-order valence-corrected chi connectivity index (χ3v) is 3.40. The highest BCUT2D eigenvalue weighted by Crippen LogP contribution is 2.31. The topological polar surface area (TPSA) is 102 Å². The smallest absolute Gasteiger partial charge is 0.342 e. The number of hydrogen-bond donors (Lipinski definition) is 2. The molecule has 1 aromatic rings. The zero-order valence-electron chi connectivity index (χ0n) is 11.1. The third-order valence-electron chi connectivity index (χ3n) is 3.40. The number of benzene rings is 1. The van der Waals surface area contributed by atoms with Crippen LogP contribution in [0, 0.1) is 10.1 Å². The normalized spacial score (nSPS) is 21.6. The summed E-state index contributed by atoms with van der Waals surface area (Å²) in [6.45, 7) is 3.01. The molecule has 1 heterocycles. The van der Waals surface area contributed by atoms with E-state index in [1.54, 1.807) is 0 Å². The number of rotatable bonds is 5. The van der Waals surface area contributed by atoms with Gasteiger partial charge in [-0.3, -0.25) is 10.1 Å². The lowest BCUT2D eigenvalue weighted by molar-refractivity contribution is -0.384. The Bertz CT molecular complexity index is 538. The van der Waals surface area contributed by atoms with Crippen molar-refractivity contribution in [2.75, 3.05) is 18.5 Å². The van der Waals surface area contributed by atoms with Crippen molar-refractivity contribution in [3.8, 4) is 0 Å². The number of carbonyl (C=O) groups is 1. The van der Waals surface area contributed by atoms with Crippen molar-refractivity contribution in [2.45, 2.75) is 25.4 Å². The van der Waals surface area contributed by atoms with Gasteiger partial charge >= 0.3 is 11.7 Å². The summed E-state index contributed by atoms with van der Waals surface area (Å²) in [5.41, 5.74) is -0.904. The van der Waals surface area contributed by atoms with Crippen LogP contribution in [0.2, 0.25) is 0 Å². The second-order valence-electron chi connectivity index (χ2n) is 5.02. The van der Waals surface area contributed by atoms with Gasteiger partial charge in [0.05, 0.1) is 10.5 Å². The fourth-order valence-electron chi connectivity index (χ4n) is 2.31. The second kappa shape index (κ2) is 5.46. The summed E-state index contributed by atoms with van der Waals surface area (Å²) >= 11 is 0. The first-order valence-electron chi connectivity index (χ1n) is 6.31. The van der Waals surface area contributed by atoms with Gasteiger partial charge in [-0.05, 0) is 31.9 Å². The molecule has 20 heavy (non-hydrogen) atoms. The molecule has 7 heteroatoms. The van der Waals surface area contributed by atoms with Crippen LogP contribution in [-0.2, 0) is 4.74 Å². The highest BCUT2D eigenvalue weighted by molar-refractivity contribution is 5.95. The van der Waals surface area contributed by atoms with E-state index in [0.717, 1.165) is 12.8 Å². The molecule has 0 radical (unpaired) electrons. The number of nitrogens with zero attached hydrogens (tertiary/aromatic N) is 1. The van der Waals surface area contributed by atoms with Crippen LogP contribution in [0.4, 0.5) is 11.4 Å². The fraction of sp³-hybridized carbons (Fsp3) is 0.462. The maximum absolute atomic E-state index is 11.1. The Kier molecular flexibility index (Phi) is 3.89. The number of carboxylic acid groups (broad SMARTS) is 1. The molecule has 0 spiro atoms. The van der Waals surface area contributed by atoms with Crippen LogP contribution >= 0.6 is 0 Å². The quantitative estimate of drug-likeness (QED) is 0.633. The molecule has 1 atom stereocenters. The number of ether oxygens (including phenoxy) is 1. The van der Waals surface area contributed by atoms with E-state index in [4.69, 9.17) is 9.84 Å². The van der Waals surface area contributed by atoms with Gasteiger partial charge in [0.25, 0.3) is 0 Å². The average molecular weight is 280 g/mol. The zero-order valence-corrected chi connectivity index (χ0v) is 11.1. The number of aromatic carboxylic acids is 1. The molecule has 1 aliphatic heterocycles. The van der Waals surface area contributed by atoms with Crippen LogP contribution in [-0.4, -0.2) is 34.8 Å². The van der Waals surface area contributed by atoms with E-state index in [9.17, 15) is 14.9 Å². The zero-order chi connectivity index (χ0) is 14.8. The van der Waals surface area contributed by atoms with Crippen molar-refractivity contribution >= 4 is 17.3 Å². The minimum atomic E-state index is -1.32. The molecule has 1 aliphatic rings. The first-order chi connectivity index (χ1) is 9.43. The highest BCUT2D eigenvalue weighted by atomic mass is 16.6. The van der Waals surface area contributed by atoms with Gasteiger partial charge < -0.3 is 15.2 Å². The Morgan fingerprint density at radius 1 is 1.60 bits per heavy atom. The van der Waals surface area contributed by atoms with E-state index in [-0.39, 0.29) is 16.9 Å². The van der Waals surface area contributed by atoms with E-state index in [0.29, 0.717) is 13.2 Å². The van der Waals surface area contributed by atoms with Crippen molar-refractivity contribution in [2.24, 2.45) is 0 Å². The number of para-hydroxylation sites is 1. The van der Waals surface area contributed by atoms with Crippen LogP contribution in [0.1, 0.15) is 30.1 Å². The number of nitro benzene ring substituents is 1. The molecular formula is C13H16N2O5. The maximum Gasteiger partial charge on any atom is 0.342 e. The van der Waals surface area contributed by atoms with Gasteiger partial charge in [0.15, 0.2) is 0 Å². The number of hydrogen-bond acceptors (Lipinski definition) is 5. The monoisotopic (exact) mass is 280 g/mol. The lowest BCUT2D eigenvalue weighted by atomic mass is 10.0. The Labute approximate surface area is 115 Å².